The Morgan fingerprint density at radius 3 is 2.43 bits per heavy atom. The summed E-state index contributed by atoms with van der Waals surface area (Å²) in [6.07, 6.45) is 0.879. The van der Waals surface area contributed by atoms with E-state index in [4.69, 9.17) is 9.47 Å². The Balaban J connectivity index is 2.69. The van der Waals surface area contributed by atoms with Gasteiger partial charge in [-0.2, -0.15) is 0 Å². The third-order valence-corrected chi connectivity index (χ3v) is 3.56. The average molecular weight is 297 g/mol. The molecule has 1 aliphatic heterocycles. The minimum atomic E-state index is -0.619. The number of carbonyl (C=O) groups is 2. The van der Waals surface area contributed by atoms with E-state index in [-0.39, 0.29) is 18.7 Å². The molecule has 0 N–H and O–H groups in total. The lowest BCUT2D eigenvalue weighted by atomic mass is 9.84. The van der Waals surface area contributed by atoms with Crippen LogP contribution in [0, 0.1) is 5.41 Å². The van der Waals surface area contributed by atoms with E-state index in [0.29, 0.717) is 25.9 Å². The van der Waals surface area contributed by atoms with E-state index < -0.39 is 11.0 Å². The van der Waals surface area contributed by atoms with E-state index in [0.717, 1.165) is 5.57 Å². The fourth-order valence-electron chi connectivity index (χ4n) is 2.30. The summed E-state index contributed by atoms with van der Waals surface area (Å²) in [5, 5.41) is 0. The molecule has 0 radical (unpaired) electrons. The summed E-state index contributed by atoms with van der Waals surface area (Å²) < 4.78 is 10.7. The summed E-state index contributed by atoms with van der Waals surface area (Å²) in [4.78, 5) is 26.0. The molecule has 0 aromatic carbocycles. The number of likely N-dealkylation sites (tertiary alicyclic amines) is 1. The van der Waals surface area contributed by atoms with Crippen molar-refractivity contribution in [2.24, 2.45) is 5.41 Å². The summed E-state index contributed by atoms with van der Waals surface area (Å²) in [7, 11) is 0. The van der Waals surface area contributed by atoms with Gasteiger partial charge in [0.1, 0.15) is 12.2 Å². The Kier molecular flexibility index (Phi) is 5.42. The van der Waals surface area contributed by atoms with Gasteiger partial charge in [0.2, 0.25) is 0 Å². The third kappa shape index (κ3) is 4.76. The van der Waals surface area contributed by atoms with Crippen molar-refractivity contribution in [3.63, 3.8) is 0 Å². The molecule has 0 aliphatic carbocycles. The Labute approximate surface area is 127 Å². The standard InChI is InChI=1S/C16H27NO4/c1-7-16(13(18)20-10-12(2)3)8-9-17(11-16)14(19)21-15(4,5)6/h2,7-11H2,1,3-6H3. The molecular weight excluding hydrogens is 270 g/mol. The Morgan fingerprint density at radius 2 is 1.95 bits per heavy atom. The molecule has 1 saturated heterocycles. The molecule has 0 saturated carbocycles. The molecule has 1 unspecified atom stereocenters. The van der Waals surface area contributed by atoms with Crippen LogP contribution >= 0.6 is 0 Å². The molecule has 0 spiro atoms. The van der Waals surface area contributed by atoms with Crippen molar-refractivity contribution in [2.45, 2.75) is 53.1 Å². The second kappa shape index (κ2) is 6.50. The van der Waals surface area contributed by atoms with Crippen LogP contribution in [-0.2, 0) is 14.3 Å². The predicted octanol–water partition coefficient (Wildman–Crippen LogP) is 3.14. The zero-order chi connectivity index (χ0) is 16.3. The average Bonchev–Trinajstić information content (AvgIpc) is 2.79. The molecule has 1 heterocycles. The minimum absolute atomic E-state index is 0.229. The highest BCUT2D eigenvalue weighted by Gasteiger charge is 2.46. The van der Waals surface area contributed by atoms with E-state index in [1.54, 1.807) is 4.90 Å². The van der Waals surface area contributed by atoms with Crippen molar-refractivity contribution in [3.8, 4) is 0 Å². The number of amides is 1. The highest BCUT2D eigenvalue weighted by atomic mass is 16.6. The summed E-state index contributed by atoms with van der Waals surface area (Å²) in [6, 6.07) is 0. The molecule has 1 atom stereocenters. The quantitative estimate of drug-likeness (QED) is 0.591. The molecular formula is C16H27NO4. The summed E-state index contributed by atoms with van der Waals surface area (Å²) in [6.45, 7) is 14.1. The highest BCUT2D eigenvalue weighted by Crippen LogP contribution is 2.36. The van der Waals surface area contributed by atoms with E-state index in [1.165, 1.54) is 0 Å². The first-order valence-corrected chi connectivity index (χ1v) is 7.39. The Bertz CT molecular complexity index is 424. The van der Waals surface area contributed by atoms with Gasteiger partial charge in [0, 0.05) is 13.1 Å². The molecule has 5 nitrogen and oxygen atoms in total. The van der Waals surface area contributed by atoms with Crippen LogP contribution in [0.15, 0.2) is 12.2 Å². The normalized spacial score (nSPS) is 22.0. The lowest BCUT2D eigenvalue weighted by Crippen LogP contribution is -2.40. The lowest BCUT2D eigenvalue weighted by Gasteiger charge is -2.27. The van der Waals surface area contributed by atoms with Crippen molar-refractivity contribution >= 4 is 12.1 Å². The maximum atomic E-state index is 12.3. The predicted molar refractivity (Wildman–Crippen MR) is 80.9 cm³/mol. The first-order chi connectivity index (χ1) is 9.59. The Morgan fingerprint density at radius 1 is 1.33 bits per heavy atom. The molecule has 0 aromatic heterocycles. The van der Waals surface area contributed by atoms with Crippen molar-refractivity contribution in [3.05, 3.63) is 12.2 Å². The number of ether oxygens (including phenoxy) is 2. The minimum Gasteiger partial charge on any atom is -0.461 e. The van der Waals surface area contributed by atoms with Crippen LogP contribution in [0.4, 0.5) is 4.79 Å². The summed E-state index contributed by atoms with van der Waals surface area (Å²) in [5.74, 6) is -0.251. The van der Waals surface area contributed by atoms with Gasteiger partial charge in [0.25, 0.3) is 0 Å². The van der Waals surface area contributed by atoms with Crippen LogP contribution in [0.25, 0.3) is 0 Å². The zero-order valence-corrected chi connectivity index (χ0v) is 13.8. The fraction of sp³-hybridized carbons (Fsp3) is 0.750. The van der Waals surface area contributed by atoms with E-state index >= 15 is 0 Å². The summed E-state index contributed by atoms with van der Waals surface area (Å²) >= 11 is 0. The van der Waals surface area contributed by atoms with Crippen molar-refractivity contribution < 1.29 is 19.1 Å². The number of nitrogens with zero attached hydrogens (tertiary/aromatic N) is 1. The van der Waals surface area contributed by atoms with Crippen molar-refractivity contribution in [1.82, 2.24) is 4.90 Å². The van der Waals surface area contributed by atoms with Gasteiger partial charge in [-0.05, 0) is 46.1 Å². The number of carbonyl (C=O) groups excluding carboxylic acids is 2. The van der Waals surface area contributed by atoms with Gasteiger partial charge in [-0.1, -0.05) is 13.5 Å². The lowest BCUT2D eigenvalue weighted by molar-refractivity contribution is -0.154. The van der Waals surface area contributed by atoms with Gasteiger partial charge in [-0.15, -0.1) is 0 Å². The monoisotopic (exact) mass is 297 g/mol. The number of hydrogen-bond donors (Lipinski definition) is 0. The smallest absolute Gasteiger partial charge is 0.410 e. The van der Waals surface area contributed by atoms with Gasteiger partial charge < -0.3 is 14.4 Å². The largest absolute Gasteiger partial charge is 0.461 e. The summed E-state index contributed by atoms with van der Waals surface area (Å²) in [5.41, 5.74) is -0.349. The second-order valence-corrected chi connectivity index (χ2v) is 6.82. The van der Waals surface area contributed by atoms with Crippen LogP contribution in [0.3, 0.4) is 0 Å². The highest BCUT2D eigenvalue weighted by molar-refractivity contribution is 5.79. The van der Waals surface area contributed by atoms with E-state index in [1.807, 2.05) is 34.6 Å². The molecule has 0 bridgehead atoms. The molecule has 1 amide bonds. The van der Waals surface area contributed by atoms with Crippen LogP contribution in [0.2, 0.25) is 0 Å². The third-order valence-electron chi connectivity index (χ3n) is 3.56. The molecule has 1 rings (SSSR count). The molecule has 1 aliphatic rings. The van der Waals surface area contributed by atoms with Crippen LogP contribution < -0.4 is 0 Å². The maximum absolute atomic E-state index is 12.3. The van der Waals surface area contributed by atoms with Crippen LogP contribution in [-0.4, -0.2) is 42.3 Å². The van der Waals surface area contributed by atoms with Gasteiger partial charge in [-0.25, -0.2) is 4.79 Å². The van der Waals surface area contributed by atoms with Crippen molar-refractivity contribution in [2.75, 3.05) is 19.7 Å². The topological polar surface area (TPSA) is 55.8 Å². The number of hydrogen-bond acceptors (Lipinski definition) is 4. The van der Waals surface area contributed by atoms with Gasteiger partial charge >= 0.3 is 12.1 Å². The SMILES string of the molecule is C=C(C)COC(=O)C1(CC)CCN(C(=O)OC(C)(C)C)C1. The number of esters is 1. The molecule has 1 fully saturated rings. The molecule has 0 aromatic rings. The number of rotatable bonds is 4. The van der Waals surface area contributed by atoms with E-state index in [2.05, 4.69) is 6.58 Å². The zero-order valence-electron chi connectivity index (χ0n) is 13.8. The first-order valence-electron chi connectivity index (χ1n) is 7.39. The van der Waals surface area contributed by atoms with Crippen molar-refractivity contribution in [1.29, 1.82) is 0 Å². The van der Waals surface area contributed by atoms with Gasteiger partial charge in [0.05, 0.1) is 5.41 Å². The van der Waals surface area contributed by atoms with Gasteiger partial charge in [-0.3, -0.25) is 4.79 Å². The molecule has 120 valence electrons. The van der Waals surface area contributed by atoms with E-state index in [9.17, 15) is 9.59 Å². The van der Waals surface area contributed by atoms with Crippen LogP contribution in [0.1, 0.15) is 47.5 Å². The first kappa shape index (κ1) is 17.5. The second-order valence-electron chi connectivity index (χ2n) is 6.82. The molecule has 21 heavy (non-hydrogen) atoms. The maximum Gasteiger partial charge on any atom is 0.410 e. The molecule has 5 heteroatoms. The van der Waals surface area contributed by atoms with Gasteiger partial charge in [0.15, 0.2) is 0 Å². The Hall–Kier alpha value is -1.52. The van der Waals surface area contributed by atoms with Crippen LogP contribution in [0.5, 0.6) is 0 Å². The fourth-order valence-corrected chi connectivity index (χ4v) is 2.30.